The van der Waals surface area contributed by atoms with E-state index in [1.807, 2.05) is 24.3 Å². The molecule has 1 aliphatic carbocycles. The van der Waals surface area contributed by atoms with E-state index in [0.717, 1.165) is 61.7 Å². The zero-order valence-corrected chi connectivity index (χ0v) is 14.4. The van der Waals surface area contributed by atoms with Crippen molar-refractivity contribution in [1.29, 1.82) is 0 Å². The number of benzene rings is 1. The second-order valence-electron chi connectivity index (χ2n) is 7.39. The van der Waals surface area contributed by atoms with Crippen molar-refractivity contribution in [1.82, 2.24) is 19.7 Å². The minimum absolute atomic E-state index is 0.279. The minimum Gasteiger partial charge on any atom is -0.496 e. The number of methoxy groups -OCH3 is 1. The first kappa shape index (κ1) is 14.9. The van der Waals surface area contributed by atoms with Crippen LogP contribution in [0.15, 0.2) is 24.3 Å². The van der Waals surface area contributed by atoms with E-state index < -0.39 is 0 Å². The molecule has 2 atom stereocenters. The van der Waals surface area contributed by atoms with Crippen LogP contribution in [-0.2, 0) is 11.2 Å². The number of aromatic nitrogens is 3. The van der Waals surface area contributed by atoms with E-state index in [-0.39, 0.29) is 12.0 Å². The van der Waals surface area contributed by atoms with Crippen LogP contribution >= 0.6 is 0 Å². The lowest BCUT2D eigenvalue weighted by Crippen LogP contribution is -2.30. The van der Waals surface area contributed by atoms with Gasteiger partial charge in [0, 0.05) is 25.4 Å². The zero-order chi connectivity index (χ0) is 17.0. The number of aryl methyl sites for hydroxylation is 1. The molecule has 6 heteroatoms. The van der Waals surface area contributed by atoms with Gasteiger partial charge >= 0.3 is 0 Å². The lowest BCUT2D eigenvalue weighted by atomic mass is 9.93. The summed E-state index contributed by atoms with van der Waals surface area (Å²) in [5.74, 6) is 3.84. The van der Waals surface area contributed by atoms with E-state index >= 15 is 0 Å². The summed E-state index contributed by atoms with van der Waals surface area (Å²) < 4.78 is 7.79. The second kappa shape index (κ2) is 5.58. The minimum atomic E-state index is 0.279. The van der Waals surface area contributed by atoms with Gasteiger partial charge in [-0.05, 0) is 37.3 Å². The molecule has 2 aliphatic heterocycles. The number of rotatable bonds is 3. The predicted molar refractivity (Wildman–Crippen MR) is 92.2 cm³/mol. The number of hydrogen-bond acceptors (Lipinski definition) is 4. The molecule has 0 unspecified atom stereocenters. The third-order valence-corrected chi connectivity index (χ3v) is 5.83. The number of nitrogens with zero attached hydrogens (tertiary/aromatic N) is 4. The van der Waals surface area contributed by atoms with Gasteiger partial charge in [-0.15, -0.1) is 10.2 Å². The summed E-state index contributed by atoms with van der Waals surface area (Å²) in [6.07, 6.45) is 4.14. The van der Waals surface area contributed by atoms with Crippen molar-refractivity contribution in [3.63, 3.8) is 0 Å². The zero-order valence-electron chi connectivity index (χ0n) is 14.4. The van der Waals surface area contributed by atoms with Crippen molar-refractivity contribution in [3.8, 4) is 17.1 Å². The molecule has 0 bridgehead atoms. The highest BCUT2D eigenvalue weighted by atomic mass is 16.5. The lowest BCUT2D eigenvalue weighted by molar-refractivity contribution is -0.131. The van der Waals surface area contributed by atoms with E-state index in [2.05, 4.69) is 19.7 Å². The summed E-state index contributed by atoms with van der Waals surface area (Å²) in [6, 6.07) is 8.22. The maximum atomic E-state index is 12.5. The summed E-state index contributed by atoms with van der Waals surface area (Å²) in [6.45, 7) is 1.66. The average Bonchev–Trinajstić information content (AvgIpc) is 3.26. The molecule has 6 nitrogen and oxygen atoms in total. The fourth-order valence-corrected chi connectivity index (χ4v) is 4.37. The van der Waals surface area contributed by atoms with Gasteiger partial charge in [-0.2, -0.15) is 0 Å². The Kier molecular flexibility index (Phi) is 3.33. The molecule has 1 saturated heterocycles. The molecule has 3 heterocycles. The Morgan fingerprint density at radius 3 is 2.80 bits per heavy atom. The van der Waals surface area contributed by atoms with Crippen molar-refractivity contribution >= 4 is 5.91 Å². The van der Waals surface area contributed by atoms with E-state index in [1.54, 1.807) is 7.11 Å². The van der Waals surface area contributed by atoms with Gasteiger partial charge in [-0.1, -0.05) is 12.1 Å². The van der Waals surface area contributed by atoms with E-state index in [1.165, 1.54) is 0 Å². The predicted octanol–water partition coefficient (Wildman–Crippen LogP) is 2.31. The molecule has 0 radical (unpaired) electrons. The molecule has 1 saturated carbocycles. The van der Waals surface area contributed by atoms with Gasteiger partial charge in [0.1, 0.15) is 11.6 Å². The van der Waals surface area contributed by atoms with Gasteiger partial charge in [-0.25, -0.2) is 0 Å². The fourth-order valence-electron chi connectivity index (χ4n) is 4.37. The fraction of sp³-hybridized carbons (Fsp3) is 0.526. The summed E-state index contributed by atoms with van der Waals surface area (Å²) >= 11 is 0. The van der Waals surface area contributed by atoms with Gasteiger partial charge in [0.2, 0.25) is 5.91 Å². The molecule has 25 heavy (non-hydrogen) atoms. The van der Waals surface area contributed by atoms with Gasteiger partial charge in [-0.3, -0.25) is 4.79 Å². The summed E-state index contributed by atoms with van der Waals surface area (Å²) in [5, 5.41) is 8.92. The Balaban J connectivity index is 1.52. The molecular weight excluding hydrogens is 316 g/mol. The Bertz CT molecular complexity index is 827. The van der Waals surface area contributed by atoms with Crippen LogP contribution < -0.4 is 4.74 Å². The number of para-hydroxylation sites is 1. The molecule has 2 aromatic rings. The van der Waals surface area contributed by atoms with Crippen LogP contribution in [0.2, 0.25) is 0 Å². The van der Waals surface area contributed by atoms with Crippen molar-refractivity contribution < 1.29 is 9.53 Å². The van der Waals surface area contributed by atoms with Gasteiger partial charge < -0.3 is 14.2 Å². The van der Waals surface area contributed by atoms with Crippen LogP contribution in [0.3, 0.4) is 0 Å². The van der Waals surface area contributed by atoms with Crippen LogP contribution in [0.1, 0.15) is 31.1 Å². The highest BCUT2D eigenvalue weighted by Crippen LogP contribution is 2.42. The van der Waals surface area contributed by atoms with E-state index in [9.17, 15) is 4.79 Å². The highest BCUT2D eigenvalue weighted by molar-refractivity contribution is 5.81. The van der Waals surface area contributed by atoms with Crippen LogP contribution in [0.25, 0.3) is 11.4 Å². The highest BCUT2D eigenvalue weighted by Gasteiger charge is 2.44. The molecule has 1 amide bonds. The Hall–Kier alpha value is -2.37. The van der Waals surface area contributed by atoms with Gasteiger partial charge in [0.15, 0.2) is 5.82 Å². The quantitative estimate of drug-likeness (QED) is 0.862. The first-order valence-corrected chi connectivity index (χ1v) is 9.12. The van der Waals surface area contributed by atoms with Crippen molar-refractivity contribution in [2.75, 3.05) is 20.2 Å². The number of carbonyl (C=O) groups excluding carboxylic acids is 1. The molecule has 0 spiro atoms. The number of fused-ring (bicyclic) bond motifs is 3. The summed E-state index contributed by atoms with van der Waals surface area (Å²) in [4.78, 5) is 14.6. The topological polar surface area (TPSA) is 60.3 Å². The average molecular weight is 338 g/mol. The maximum Gasteiger partial charge on any atom is 0.225 e. The summed E-state index contributed by atoms with van der Waals surface area (Å²) in [7, 11) is 1.68. The molecule has 5 rings (SSSR count). The van der Waals surface area contributed by atoms with Gasteiger partial charge in [0.25, 0.3) is 0 Å². The number of likely N-dealkylation sites (tertiary alicyclic amines) is 1. The Labute approximate surface area is 146 Å². The molecule has 1 aromatic heterocycles. The van der Waals surface area contributed by atoms with Gasteiger partial charge in [0.05, 0.1) is 18.7 Å². The first-order valence-electron chi connectivity index (χ1n) is 9.12. The van der Waals surface area contributed by atoms with Crippen LogP contribution in [0, 0.1) is 11.8 Å². The van der Waals surface area contributed by atoms with Crippen LogP contribution in [0.5, 0.6) is 5.75 Å². The normalized spacial score (nSPS) is 24.8. The molecular formula is C19H22N4O2. The molecule has 2 fully saturated rings. The third kappa shape index (κ3) is 2.34. The smallest absolute Gasteiger partial charge is 0.225 e. The number of carbonyl (C=O) groups is 1. The number of hydrogen-bond donors (Lipinski definition) is 0. The summed E-state index contributed by atoms with van der Waals surface area (Å²) in [5.41, 5.74) is 0.969. The van der Waals surface area contributed by atoms with Crippen molar-refractivity contribution in [2.45, 2.75) is 31.7 Å². The van der Waals surface area contributed by atoms with E-state index in [0.29, 0.717) is 11.8 Å². The Morgan fingerprint density at radius 1 is 1.16 bits per heavy atom. The second-order valence-corrected chi connectivity index (χ2v) is 7.39. The Morgan fingerprint density at radius 2 is 2.00 bits per heavy atom. The standard InChI is InChI=1S/C19H22N4O2/c1-25-16-5-3-2-4-14(16)18-21-20-17-9-8-13-10-22(11-15(13)23(17)18)19(24)12-6-7-12/h2-5,12-13,15H,6-11H2,1H3/t13-,15+/m1/s1. The molecule has 0 N–H and O–H groups in total. The van der Waals surface area contributed by atoms with Crippen molar-refractivity contribution in [3.05, 3.63) is 30.1 Å². The van der Waals surface area contributed by atoms with Crippen LogP contribution in [0.4, 0.5) is 0 Å². The van der Waals surface area contributed by atoms with Crippen molar-refractivity contribution in [2.24, 2.45) is 11.8 Å². The first-order chi connectivity index (χ1) is 12.3. The lowest BCUT2D eigenvalue weighted by Gasteiger charge is -2.27. The molecule has 3 aliphatic rings. The largest absolute Gasteiger partial charge is 0.496 e. The SMILES string of the molecule is COc1ccccc1-c1nnc2n1[C@H]1CN(C(=O)C3CC3)C[C@H]1CC2. The monoisotopic (exact) mass is 338 g/mol. The number of amides is 1. The maximum absolute atomic E-state index is 12.5. The third-order valence-electron chi connectivity index (χ3n) is 5.83. The molecule has 1 aromatic carbocycles. The van der Waals surface area contributed by atoms with E-state index in [4.69, 9.17) is 4.74 Å². The number of ether oxygens (including phenoxy) is 1. The van der Waals surface area contributed by atoms with Crippen LogP contribution in [-0.4, -0.2) is 45.8 Å². The molecule has 130 valence electrons.